The van der Waals surface area contributed by atoms with Gasteiger partial charge in [0.1, 0.15) is 5.78 Å². The fourth-order valence-corrected chi connectivity index (χ4v) is 5.14. The molecule has 162 valence electrons. The molecule has 2 aliphatic carbocycles. The van der Waals surface area contributed by atoms with Crippen molar-refractivity contribution in [3.05, 3.63) is 112 Å². The monoisotopic (exact) mass is 422 g/mol. The number of rotatable bonds is 6. The third-order valence-corrected chi connectivity index (χ3v) is 6.89. The Morgan fingerprint density at radius 2 is 1.59 bits per heavy atom. The smallest absolute Gasteiger partial charge is 0.134 e. The molecule has 1 heterocycles. The van der Waals surface area contributed by atoms with E-state index in [-0.39, 0.29) is 5.78 Å². The molecule has 1 atom stereocenters. The van der Waals surface area contributed by atoms with E-state index in [2.05, 4.69) is 78.9 Å². The van der Waals surface area contributed by atoms with Gasteiger partial charge in [-0.3, -0.25) is 4.79 Å². The van der Waals surface area contributed by atoms with Gasteiger partial charge in [0.15, 0.2) is 0 Å². The summed E-state index contributed by atoms with van der Waals surface area (Å²) in [6.07, 6.45) is 15.1. The number of benzene rings is 2. The summed E-state index contributed by atoms with van der Waals surface area (Å²) in [6, 6.07) is 17.7. The summed E-state index contributed by atoms with van der Waals surface area (Å²) in [6.45, 7) is 3.41. The molecular formula is C30H30O2. The lowest BCUT2D eigenvalue weighted by molar-refractivity contribution is -0.116. The first-order valence-electron chi connectivity index (χ1n) is 11.7. The van der Waals surface area contributed by atoms with E-state index >= 15 is 0 Å². The van der Waals surface area contributed by atoms with Crippen LogP contribution >= 0.6 is 0 Å². The van der Waals surface area contributed by atoms with Gasteiger partial charge >= 0.3 is 0 Å². The molecule has 5 rings (SSSR count). The van der Waals surface area contributed by atoms with Crippen LogP contribution in [0.2, 0.25) is 0 Å². The molecule has 1 fully saturated rings. The highest BCUT2D eigenvalue weighted by atomic mass is 16.5. The summed E-state index contributed by atoms with van der Waals surface area (Å²) in [5.41, 5.74) is 9.26. The van der Waals surface area contributed by atoms with Gasteiger partial charge in [0.25, 0.3) is 0 Å². The van der Waals surface area contributed by atoms with Crippen LogP contribution in [0.15, 0.2) is 90.1 Å². The molecule has 2 aromatic carbocycles. The van der Waals surface area contributed by atoms with Crippen molar-refractivity contribution in [1.29, 1.82) is 0 Å². The van der Waals surface area contributed by atoms with Gasteiger partial charge in [-0.1, -0.05) is 78.9 Å². The highest BCUT2D eigenvalue weighted by Gasteiger charge is 2.26. The number of allylic oxidation sites excluding steroid dienone is 8. The first-order valence-corrected chi connectivity index (χ1v) is 11.7. The van der Waals surface area contributed by atoms with E-state index < -0.39 is 0 Å². The summed E-state index contributed by atoms with van der Waals surface area (Å²) in [5, 5.41) is 0. The number of carbonyl (C=O) groups excluding carboxylic acids is 1. The largest absolute Gasteiger partial charge is 0.381 e. The first-order chi connectivity index (χ1) is 15.7. The second-order valence-electron chi connectivity index (χ2n) is 9.18. The van der Waals surface area contributed by atoms with Crippen LogP contribution in [0.5, 0.6) is 0 Å². The lowest BCUT2D eigenvalue weighted by Gasteiger charge is -2.25. The molecular weight excluding hydrogens is 392 g/mol. The summed E-state index contributed by atoms with van der Waals surface area (Å²) in [5.74, 6) is 1.16. The number of hydrogen-bond donors (Lipinski definition) is 0. The molecule has 3 aliphatic rings. The second kappa shape index (κ2) is 9.26. The van der Waals surface area contributed by atoms with Gasteiger partial charge in [-0.25, -0.2) is 0 Å². The molecule has 0 spiro atoms. The lowest BCUT2D eigenvalue weighted by atomic mass is 9.79. The molecule has 2 nitrogen and oxygen atoms in total. The minimum Gasteiger partial charge on any atom is -0.381 e. The van der Waals surface area contributed by atoms with Gasteiger partial charge in [0.05, 0.1) is 0 Å². The Kier molecular flexibility index (Phi) is 6.05. The molecule has 0 radical (unpaired) electrons. The van der Waals surface area contributed by atoms with Gasteiger partial charge in [-0.2, -0.15) is 0 Å². The molecule has 2 aromatic rings. The van der Waals surface area contributed by atoms with Gasteiger partial charge in [-0.05, 0) is 71.1 Å². The number of Topliss-reactive ketones (excluding diaryl/α,β-unsaturated/α-hetero) is 1. The average Bonchev–Trinajstić information content (AvgIpc) is 3.31. The topological polar surface area (TPSA) is 26.3 Å². The predicted molar refractivity (Wildman–Crippen MR) is 131 cm³/mol. The number of carbonyl (C=O) groups is 1. The van der Waals surface area contributed by atoms with Crippen LogP contribution in [0.4, 0.5) is 0 Å². The van der Waals surface area contributed by atoms with E-state index in [1.807, 2.05) is 0 Å². The standard InChI is InChI=1S/C30H30O2/c1-21(31)19-22-7-11-26(12-8-22)29-14-13-27(28-3-2-4-30(28)29)20-23-5-9-24(10-6-23)25-15-17-32-18-16-25/h2-14,25,30H,15-20H2,1H3. The van der Waals surface area contributed by atoms with E-state index in [0.29, 0.717) is 18.3 Å². The Bertz CT molecular complexity index is 1100. The number of ether oxygens (including phenoxy) is 1. The maximum Gasteiger partial charge on any atom is 0.134 e. The molecule has 0 bridgehead atoms. The van der Waals surface area contributed by atoms with Crippen molar-refractivity contribution in [1.82, 2.24) is 0 Å². The molecule has 32 heavy (non-hydrogen) atoms. The van der Waals surface area contributed by atoms with E-state index in [1.54, 1.807) is 6.92 Å². The van der Waals surface area contributed by atoms with Crippen LogP contribution in [0, 0.1) is 5.92 Å². The highest BCUT2D eigenvalue weighted by molar-refractivity contribution is 5.80. The van der Waals surface area contributed by atoms with Crippen molar-refractivity contribution in [2.75, 3.05) is 13.2 Å². The predicted octanol–water partition coefficient (Wildman–Crippen LogP) is 6.39. The third kappa shape index (κ3) is 4.47. The summed E-state index contributed by atoms with van der Waals surface area (Å²) in [7, 11) is 0. The normalized spacial score (nSPS) is 20.4. The molecule has 0 N–H and O–H groups in total. The zero-order chi connectivity index (χ0) is 21.9. The Balaban J connectivity index is 1.33. The van der Waals surface area contributed by atoms with Crippen molar-refractivity contribution in [3.63, 3.8) is 0 Å². The summed E-state index contributed by atoms with van der Waals surface area (Å²) in [4.78, 5) is 11.4. The van der Waals surface area contributed by atoms with E-state index in [9.17, 15) is 4.79 Å². The Hall–Kier alpha value is -2.97. The van der Waals surface area contributed by atoms with Gasteiger partial charge in [0, 0.05) is 25.6 Å². The molecule has 1 aliphatic heterocycles. The molecule has 0 amide bonds. The van der Waals surface area contributed by atoms with Crippen LogP contribution in [-0.4, -0.2) is 19.0 Å². The van der Waals surface area contributed by atoms with Crippen LogP contribution in [0.1, 0.15) is 47.9 Å². The quantitative estimate of drug-likeness (QED) is 0.539. The van der Waals surface area contributed by atoms with E-state index in [4.69, 9.17) is 4.74 Å². The fraction of sp³-hybridized carbons (Fsp3) is 0.300. The van der Waals surface area contributed by atoms with Crippen LogP contribution in [0.25, 0.3) is 5.57 Å². The van der Waals surface area contributed by atoms with Crippen molar-refractivity contribution in [2.45, 2.75) is 38.5 Å². The van der Waals surface area contributed by atoms with Crippen LogP contribution in [0.3, 0.4) is 0 Å². The maximum atomic E-state index is 11.4. The number of hydrogen-bond acceptors (Lipinski definition) is 2. The van der Waals surface area contributed by atoms with Crippen molar-refractivity contribution in [2.24, 2.45) is 5.92 Å². The van der Waals surface area contributed by atoms with Crippen LogP contribution < -0.4 is 0 Å². The zero-order valence-electron chi connectivity index (χ0n) is 18.7. The van der Waals surface area contributed by atoms with Gasteiger partial charge in [-0.15, -0.1) is 0 Å². The van der Waals surface area contributed by atoms with E-state index in [0.717, 1.165) is 38.0 Å². The Labute approximate surface area is 191 Å². The second-order valence-corrected chi connectivity index (χ2v) is 9.18. The average molecular weight is 423 g/mol. The fourth-order valence-electron chi connectivity index (χ4n) is 5.14. The molecule has 0 saturated carbocycles. The van der Waals surface area contributed by atoms with Crippen molar-refractivity contribution in [3.8, 4) is 0 Å². The van der Waals surface area contributed by atoms with Crippen molar-refractivity contribution >= 4 is 11.4 Å². The summed E-state index contributed by atoms with van der Waals surface area (Å²) < 4.78 is 5.51. The number of fused-ring (bicyclic) bond motifs is 1. The van der Waals surface area contributed by atoms with Crippen LogP contribution in [-0.2, 0) is 22.4 Å². The SMILES string of the molecule is CC(=O)Cc1ccc(C2=CC=C(Cc3ccc(C4CCOCC4)cc3)C3=CC=CC32)cc1. The first kappa shape index (κ1) is 20.9. The Morgan fingerprint density at radius 1 is 0.875 bits per heavy atom. The van der Waals surface area contributed by atoms with E-state index in [1.165, 1.54) is 33.4 Å². The Morgan fingerprint density at radius 3 is 2.31 bits per heavy atom. The number of ketones is 1. The maximum absolute atomic E-state index is 11.4. The molecule has 1 saturated heterocycles. The zero-order valence-corrected chi connectivity index (χ0v) is 18.7. The molecule has 1 unspecified atom stereocenters. The molecule has 0 aromatic heterocycles. The lowest BCUT2D eigenvalue weighted by Crippen LogP contribution is -2.14. The summed E-state index contributed by atoms with van der Waals surface area (Å²) >= 11 is 0. The van der Waals surface area contributed by atoms with Gasteiger partial charge < -0.3 is 4.74 Å². The minimum atomic E-state index is 0.201. The van der Waals surface area contributed by atoms with Crippen molar-refractivity contribution < 1.29 is 9.53 Å². The minimum absolute atomic E-state index is 0.201. The third-order valence-electron chi connectivity index (χ3n) is 6.89. The molecule has 2 heteroatoms. The van der Waals surface area contributed by atoms with Gasteiger partial charge in [0.2, 0.25) is 0 Å². The highest BCUT2D eigenvalue weighted by Crippen LogP contribution is 2.41.